The van der Waals surface area contributed by atoms with Crippen molar-refractivity contribution < 1.29 is 9.90 Å². The van der Waals surface area contributed by atoms with Crippen LogP contribution in [0.2, 0.25) is 0 Å². The Kier molecular flexibility index (Phi) is 3.58. The summed E-state index contributed by atoms with van der Waals surface area (Å²) in [5.74, 6) is 0.691. The number of fused-ring (bicyclic) bond motifs is 1. The fourth-order valence-electron chi connectivity index (χ4n) is 2.23. The molecule has 7 heteroatoms. The summed E-state index contributed by atoms with van der Waals surface area (Å²) < 4.78 is 2.43. The second kappa shape index (κ2) is 5.42. The molecule has 0 saturated heterocycles. The summed E-state index contributed by atoms with van der Waals surface area (Å²) in [6.07, 6.45) is 0.763. The highest BCUT2D eigenvalue weighted by Crippen LogP contribution is 2.30. The summed E-state index contributed by atoms with van der Waals surface area (Å²) in [4.78, 5) is 16.8. The normalized spacial score (nSPS) is 10.9. The first-order valence-electron chi connectivity index (χ1n) is 6.55. The summed E-state index contributed by atoms with van der Waals surface area (Å²) in [5, 5.41) is 14.5. The van der Waals surface area contributed by atoms with Gasteiger partial charge in [0.15, 0.2) is 5.82 Å². The van der Waals surface area contributed by atoms with Crippen molar-refractivity contribution in [2.75, 3.05) is 11.9 Å². The zero-order chi connectivity index (χ0) is 15.9. The zero-order valence-corrected chi connectivity index (χ0v) is 13.6. The molecular weight excluding hydrogens is 348 g/mol. The van der Waals surface area contributed by atoms with Gasteiger partial charge in [-0.3, -0.25) is 4.90 Å². The molecule has 6 nitrogen and oxygen atoms in total. The minimum Gasteiger partial charge on any atom is -0.465 e. The number of benzene rings is 1. The first-order chi connectivity index (χ1) is 10.5. The van der Waals surface area contributed by atoms with Crippen LogP contribution in [0.5, 0.6) is 0 Å². The van der Waals surface area contributed by atoms with E-state index in [-0.39, 0.29) is 0 Å². The molecule has 0 aliphatic heterocycles. The fourth-order valence-corrected chi connectivity index (χ4v) is 2.66. The van der Waals surface area contributed by atoms with Gasteiger partial charge in [-0.05, 0) is 31.2 Å². The molecule has 0 aliphatic carbocycles. The molecule has 0 unspecified atom stereocenters. The first kappa shape index (κ1) is 14.5. The van der Waals surface area contributed by atoms with Crippen LogP contribution in [0, 0.1) is 6.92 Å². The lowest BCUT2D eigenvalue weighted by atomic mass is 10.2. The Morgan fingerprint density at radius 2 is 2.14 bits per heavy atom. The third-order valence-electron chi connectivity index (χ3n) is 3.32. The van der Waals surface area contributed by atoms with Gasteiger partial charge in [-0.15, -0.1) is 0 Å². The Bertz CT molecular complexity index is 875. The van der Waals surface area contributed by atoms with E-state index in [1.54, 1.807) is 16.9 Å². The summed E-state index contributed by atoms with van der Waals surface area (Å²) in [5.41, 5.74) is 2.15. The van der Waals surface area contributed by atoms with Gasteiger partial charge in [-0.25, -0.2) is 14.5 Å². The lowest BCUT2D eigenvalue weighted by molar-refractivity contribution is 0.203. The van der Waals surface area contributed by atoms with Crippen LogP contribution in [0.4, 0.5) is 10.5 Å². The molecule has 2 aromatic heterocycles. The number of aromatic nitrogens is 3. The Labute approximate surface area is 135 Å². The van der Waals surface area contributed by atoms with Gasteiger partial charge < -0.3 is 5.11 Å². The van der Waals surface area contributed by atoms with Gasteiger partial charge in [0.1, 0.15) is 0 Å². The maximum atomic E-state index is 11.2. The number of anilines is 1. The number of carboxylic acid groups (broad SMARTS) is 1. The number of hydrogen-bond acceptors (Lipinski definition) is 3. The monoisotopic (exact) mass is 360 g/mol. The maximum Gasteiger partial charge on any atom is 0.411 e. The molecule has 2 heterocycles. The Morgan fingerprint density at radius 1 is 1.36 bits per heavy atom. The van der Waals surface area contributed by atoms with Crippen molar-refractivity contribution >= 4 is 38.6 Å². The molecule has 1 aromatic carbocycles. The quantitative estimate of drug-likeness (QED) is 0.757. The minimum absolute atomic E-state index is 0.566. The van der Waals surface area contributed by atoms with Crippen molar-refractivity contribution in [3.05, 3.63) is 46.7 Å². The van der Waals surface area contributed by atoms with Crippen molar-refractivity contribution in [2.45, 2.75) is 6.92 Å². The highest BCUT2D eigenvalue weighted by atomic mass is 79.9. The second-order valence-corrected chi connectivity index (χ2v) is 5.83. The summed E-state index contributed by atoms with van der Waals surface area (Å²) in [6, 6.07) is 9.28. The smallest absolute Gasteiger partial charge is 0.411 e. The van der Waals surface area contributed by atoms with Crippen molar-refractivity contribution in [3.8, 4) is 5.82 Å². The average Bonchev–Trinajstić information content (AvgIpc) is 2.89. The van der Waals surface area contributed by atoms with Crippen LogP contribution in [-0.2, 0) is 0 Å². The summed E-state index contributed by atoms with van der Waals surface area (Å²) in [6.45, 7) is 1.91. The predicted octanol–water partition coefficient (Wildman–Crippen LogP) is 3.61. The third-order valence-corrected chi connectivity index (χ3v) is 3.78. The number of aryl methyl sites for hydroxylation is 1. The van der Waals surface area contributed by atoms with Gasteiger partial charge in [-0.1, -0.05) is 22.0 Å². The van der Waals surface area contributed by atoms with Gasteiger partial charge >= 0.3 is 6.09 Å². The van der Waals surface area contributed by atoms with Crippen LogP contribution in [0.1, 0.15) is 5.69 Å². The standard InChI is InChI=1S/C15H13BrN4O2/c1-9-4-3-5-14(17-9)20-8-11-12(18-20)6-10(16)7-13(11)19(2)15(21)22/h3-8H,1-2H3,(H,21,22). The molecule has 3 aromatic rings. The molecule has 112 valence electrons. The first-order valence-corrected chi connectivity index (χ1v) is 7.34. The third kappa shape index (κ3) is 2.55. The molecule has 0 saturated carbocycles. The maximum absolute atomic E-state index is 11.2. The van der Waals surface area contributed by atoms with Crippen LogP contribution in [-0.4, -0.2) is 33.0 Å². The molecule has 0 spiro atoms. The van der Waals surface area contributed by atoms with E-state index in [9.17, 15) is 9.90 Å². The van der Waals surface area contributed by atoms with E-state index in [0.717, 1.165) is 15.6 Å². The van der Waals surface area contributed by atoms with Gasteiger partial charge in [0.25, 0.3) is 0 Å². The highest BCUT2D eigenvalue weighted by Gasteiger charge is 2.16. The molecular formula is C15H13BrN4O2. The van der Waals surface area contributed by atoms with Crippen molar-refractivity contribution in [1.82, 2.24) is 14.8 Å². The molecule has 0 aliphatic rings. The molecule has 1 amide bonds. The molecule has 0 fully saturated rings. The van der Waals surface area contributed by atoms with Crippen molar-refractivity contribution in [1.29, 1.82) is 0 Å². The Morgan fingerprint density at radius 3 is 2.82 bits per heavy atom. The van der Waals surface area contributed by atoms with Crippen LogP contribution in [0.3, 0.4) is 0 Å². The minimum atomic E-state index is -1.03. The van der Waals surface area contributed by atoms with E-state index >= 15 is 0 Å². The van der Waals surface area contributed by atoms with Crippen LogP contribution in [0.25, 0.3) is 16.7 Å². The van der Waals surface area contributed by atoms with E-state index in [1.807, 2.05) is 31.2 Å². The number of carbonyl (C=O) groups is 1. The fraction of sp³-hybridized carbons (Fsp3) is 0.133. The molecule has 3 rings (SSSR count). The van der Waals surface area contributed by atoms with Crippen molar-refractivity contribution in [3.63, 3.8) is 0 Å². The zero-order valence-electron chi connectivity index (χ0n) is 12.0. The van der Waals surface area contributed by atoms with Crippen LogP contribution in [0.15, 0.2) is 41.0 Å². The van der Waals surface area contributed by atoms with E-state index in [0.29, 0.717) is 17.0 Å². The Hall–Kier alpha value is -2.41. The molecule has 0 atom stereocenters. The lowest BCUT2D eigenvalue weighted by Crippen LogP contribution is -2.23. The van der Waals surface area contributed by atoms with Gasteiger partial charge in [0.05, 0.1) is 11.2 Å². The van der Waals surface area contributed by atoms with Gasteiger partial charge in [0, 0.05) is 28.8 Å². The summed E-state index contributed by atoms with van der Waals surface area (Å²) >= 11 is 3.39. The molecule has 0 radical (unpaired) electrons. The van der Waals surface area contributed by atoms with E-state index in [4.69, 9.17) is 0 Å². The number of halogens is 1. The number of nitrogens with zero attached hydrogens (tertiary/aromatic N) is 4. The van der Waals surface area contributed by atoms with E-state index < -0.39 is 6.09 Å². The SMILES string of the molecule is Cc1cccc(-n2cc3c(N(C)C(=O)O)cc(Br)cc3n2)n1. The summed E-state index contributed by atoms with van der Waals surface area (Å²) in [7, 11) is 1.51. The highest BCUT2D eigenvalue weighted by molar-refractivity contribution is 9.10. The number of amides is 1. The topological polar surface area (TPSA) is 71.2 Å². The lowest BCUT2D eigenvalue weighted by Gasteiger charge is -2.14. The Balaban J connectivity index is 2.21. The van der Waals surface area contributed by atoms with Crippen molar-refractivity contribution in [2.24, 2.45) is 0 Å². The average molecular weight is 361 g/mol. The predicted molar refractivity (Wildman–Crippen MR) is 87.7 cm³/mol. The molecule has 22 heavy (non-hydrogen) atoms. The second-order valence-electron chi connectivity index (χ2n) is 4.91. The molecule has 0 bridgehead atoms. The molecule has 1 N–H and O–H groups in total. The van der Waals surface area contributed by atoms with Crippen LogP contribution >= 0.6 is 15.9 Å². The number of hydrogen-bond donors (Lipinski definition) is 1. The largest absolute Gasteiger partial charge is 0.465 e. The van der Waals surface area contributed by atoms with Crippen LogP contribution < -0.4 is 4.90 Å². The van der Waals surface area contributed by atoms with Gasteiger partial charge in [-0.2, -0.15) is 5.10 Å². The van der Waals surface area contributed by atoms with E-state index in [2.05, 4.69) is 26.0 Å². The number of rotatable bonds is 2. The van der Waals surface area contributed by atoms with E-state index in [1.165, 1.54) is 11.9 Å². The van der Waals surface area contributed by atoms with Gasteiger partial charge in [0.2, 0.25) is 0 Å². The number of pyridine rings is 1.